The predicted octanol–water partition coefficient (Wildman–Crippen LogP) is 7.02. The third-order valence-electron chi connectivity index (χ3n) is 6.90. The van der Waals surface area contributed by atoms with E-state index in [4.69, 9.17) is 8.39 Å². The van der Waals surface area contributed by atoms with Crippen molar-refractivity contribution in [2.45, 2.75) is 78.3 Å². The van der Waals surface area contributed by atoms with E-state index in [2.05, 4.69) is 80.2 Å². The first kappa shape index (κ1) is 21.4. The van der Waals surface area contributed by atoms with Crippen molar-refractivity contribution in [1.82, 2.24) is 0 Å². The van der Waals surface area contributed by atoms with Crippen LogP contribution in [0.3, 0.4) is 0 Å². The number of allylic oxidation sites excluding steroid dienone is 1. The molecule has 0 saturated carbocycles. The van der Waals surface area contributed by atoms with Crippen LogP contribution < -0.4 is 15.3 Å². The molecule has 2 aliphatic rings. The Hall–Kier alpha value is -2.40. The van der Waals surface area contributed by atoms with Crippen LogP contribution in [0.5, 0.6) is 0 Å². The molecule has 2 aromatic carbocycles. The van der Waals surface area contributed by atoms with Crippen LogP contribution in [-0.4, -0.2) is 12.1 Å². The molecule has 1 saturated heterocycles. The van der Waals surface area contributed by atoms with Crippen molar-refractivity contribution in [2.75, 3.05) is 4.67 Å². The molecule has 3 atom stereocenters. The molecule has 0 amide bonds. The van der Waals surface area contributed by atoms with Crippen LogP contribution in [0.15, 0.2) is 56.1 Å². The van der Waals surface area contributed by atoms with Crippen molar-refractivity contribution in [3.8, 4) is 0 Å². The molecule has 3 unspecified atom stereocenters. The number of benzene rings is 2. The highest BCUT2D eigenvalue weighted by Crippen LogP contribution is 2.39. The van der Waals surface area contributed by atoms with Crippen LogP contribution >= 0.6 is 8.16 Å². The average molecular weight is 446 g/mol. The maximum atomic E-state index is 6.77. The van der Waals surface area contributed by atoms with Crippen molar-refractivity contribution < 1.29 is 8.39 Å². The van der Waals surface area contributed by atoms with Gasteiger partial charge in [-0.3, -0.25) is 0 Å². The molecule has 0 bridgehead atoms. The highest BCUT2D eigenvalue weighted by atomic mass is 31.1. The molecule has 0 N–H and O–H groups in total. The lowest BCUT2D eigenvalue weighted by molar-refractivity contribution is 0.417. The van der Waals surface area contributed by atoms with Gasteiger partial charge in [-0.1, -0.05) is 62.8 Å². The summed E-state index contributed by atoms with van der Waals surface area (Å²) in [6, 6.07) is 13.8. The summed E-state index contributed by atoms with van der Waals surface area (Å²) >= 11 is 0. The molecule has 1 aliphatic heterocycles. The van der Waals surface area contributed by atoms with Gasteiger partial charge in [0.1, 0.15) is 5.58 Å². The van der Waals surface area contributed by atoms with Gasteiger partial charge >= 0.3 is 8.16 Å². The van der Waals surface area contributed by atoms with E-state index in [0.717, 1.165) is 40.9 Å². The zero-order chi connectivity index (χ0) is 22.2. The second kappa shape index (κ2) is 8.86. The van der Waals surface area contributed by atoms with Crippen molar-refractivity contribution in [3.63, 3.8) is 0 Å². The van der Waals surface area contributed by atoms with Crippen LogP contribution in [-0.2, 0) is 0 Å². The van der Waals surface area contributed by atoms with E-state index >= 15 is 0 Å². The predicted molar refractivity (Wildman–Crippen MR) is 136 cm³/mol. The second-order valence-corrected chi connectivity index (χ2v) is 10.4. The van der Waals surface area contributed by atoms with Gasteiger partial charge in [-0.05, 0) is 67.7 Å². The van der Waals surface area contributed by atoms with Gasteiger partial charge in [0.05, 0.1) is 0 Å². The Kier molecular flexibility index (Phi) is 5.93. The van der Waals surface area contributed by atoms with Crippen LogP contribution in [0.2, 0.25) is 0 Å². The molecule has 3 aromatic rings. The maximum absolute atomic E-state index is 6.77. The largest absolute Gasteiger partial charge is 0.408 e. The third kappa shape index (κ3) is 3.61. The van der Waals surface area contributed by atoms with Gasteiger partial charge in [-0.15, -0.1) is 0 Å². The van der Waals surface area contributed by atoms with Crippen molar-refractivity contribution >= 4 is 41.2 Å². The average Bonchev–Trinajstić information content (AvgIpc) is 2.96. The lowest BCUT2D eigenvalue weighted by atomic mass is 9.93. The number of piperidine rings is 1. The smallest absolute Gasteiger partial charge is 0.310 e. The minimum atomic E-state index is -1.28. The molecule has 0 spiro atoms. The van der Waals surface area contributed by atoms with Gasteiger partial charge < -0.3 is 8.39 Å². The summed E-state index contributed by atoms with van der Waals surface area (Å²) in [6.07, 6.45) is 6.64. The molecule has 2 heterocycles. The molecule has 5 rings (SSSR count). The molecular weight excluding hydrogens is 413 g/mol. The summed E-state index contributed by atoms with van der Waals surface area (Å²) in [5.74, 6) is 0. The topological polar surface area (TPSA) is 29.5 Å². The van der Waals surface area contributed by atoms with Crippen LogP contribution in [0.4, 0.5) is 0 Å². The first-order valence-electron chi connectivity index (χ1n) is 12.1. The Bertz CT molecular complexity index is 1410. The fourth-order valence-electron chi connectivity index (χ4n) is 5.31. The Balaban J connectivity index is 2.00. The van der Waals surface area contributed by atoms with Gasteiger partial charge in [-0.25, -0.2) is 0 Å². The van der Waals surface area contributed by atoms with Crippen LogP contribution in [0, 0.1) is 0 Å². The zero-order valence-electron chi connectivity index (χ0n) is 19.6. The first-order chi connectivity index (χ1) is 15.6. The molecule has 1 fully saturated rings. The van der Waals surface area contributed by atoms with Crippen molar-refractivity contribution in [3.05, 3.63) is 58.3 Å². The van der Waals surface area contributed by atoms with Crippen molar-refractivity contribution in [1.29, 1.82) is 0 Å². The Morgan fingerprint density at radius 3 is 2.53 bits per heavy atom. The number of hydrogen-bond donors (Lipinski definition) is 0. The summed E-state index contributed by atoms with van der Waals surface area (Å²) < 4.78 is 16.0. The molecule has 166 valence electrons. The fourth-order valence-corrected chi connectivity index (χ4v) is 7.02. The van der Waals surface area contributed by atoms with E-state index in [1.165, 1.54) is 41.2 Å². The van der Waals surface area contributed by atoms with E-state index in [1.807, 2.05) is 0 Å². The number of fused-ring (bicyclic) bond motifs is 5. The summed E-state index contributed by atoms with van der Waals surface area (Å²) in [5.41, 5.74) is 11.2. The number of nitrogens with zero attached hydrogens (tertiary/aromatic N) is 1. The highest BCUT2D eigenvalue weighted by Gasteiger charge is 2.30. The standard InChI is InChI=1S/C28H32NO2P/c1-5-10-23-21(6-2)15-17-25-27(23)28-24-14-8-7-13-22(24)16-18-26(28)31-32(30-25)29-19(3)11-9-12-20(29)4/h7-8,13-14,16,18-20H,5-6,9-12H2,1-4H3. The van der Waals surface area contributed by atoms with E-state index in [1.54, 1.807) is 0 Å². The molecule has 1 aromatic heterocycles. The summed E-state index contributed by atoms with van der Waals surface area (Å²) in [4.78, 5) is 0. The van der Waals surface area contributed by atoms with Gasteiger partial charge in [0.25, 0.3) is 0 Å². The van der Waals surface area contributed by atoms with Crippen LogP contribution in [0.1, 0.15) is 66.2 Å². The molecule has 3 nitrogen and oxygen atoms in total. The Morgan fingerprint density at radius 1 is 1.00 bits per heavy atom. The lowest BCUT2D eigenvalue weighted by Gasteiger charge is -2.35. The van der Waals surface area contributed by atoms with Crippen molar-refractivity contribution in [2.24, 2.45) is 0 Å². The van der Waals surface area contributed by atoms with Gasteiger partial charge in [0.2, 0.25) is 0 Å². The SMILES string of the molecule is CCCC1=c2c(op(N3C(C)CCCC3C)oc3ccc4ccccc4c23)=C=C=C1CC. The fraction of sp³-hybridized carbons (Fsp3) is 0.429. The van der Waals surface area contributed by atoms with E-state index in [0.29, 0.717) is 12.1 Å². The molecule has 32 heavy (non-hydrogen) atoms. The lowest BCUT2D eigenvalue weighted by Crippen LogP contribution is -2.42. The second-order valence-electron chi connectivity index (χ2n) is 9.10. The van der Waals surface area contributed by atoms with E-state index in [9.17, 15) is 0 Å². The van der Waals surface area contributed by atoms with Crippen LogP contribution in [0.25, 0.3) is 33.0 Å². The Labute approximate surface area is 191 Å². The van der Waals surface area contributed by atoms with Gasteiger partial charge in [-0.2, -0.15) is 4.67 Å². The van der Waals surface area contributed by atoms with Gasteiger partial charge in [0.15, 0.2) is 5.42 Å². The normalized spacial score (nSPS) is 21.4. The molecule has 1 aliphatic carbocycles. The highest BCUT2D eigenvalue weighted by molar-refractivity contribution is 7.38. The third-order valence-corrected chi connectivity index (χ3v) is 8.75. The minimum Gasteiger partial charge on any atom is -0.408 e. The molecule has 4 heteroatoms. The first-order valence-corrected chi connectivity index (χ1v) is 13.2. The van der Waals surface area contributed by atoms with Gasteiger partial charge in [0, 0.05) is 28.3 Å². The summed E-state index contributed by atoms with van der Waals surface area (Å²) in [7, 11) is -1.28. The summed E-state index contributed by atoms with van der Waals surface area (Å²) in [5, 5.41) is 4.76. The number of rotatable bonds is 4. The van der Waals surface area contributed by atoms with E-state index < -0.39 is 8.16 Å². The Morgan fingerprint density at radius 2 is 1.78 bits per heavy atom. The summed E-state index contributed by atoms with van der Waals surface area (Å²) in [6.45, 7) is 9.05. The zero-order valence-corrected chi connectivity index (χ0v) is 20.5. The quantitative estimate of drug-likeness (QED) is 0.404. The molecular formula is C28H32NO2P. The number of hydrogen-bond acceptors (Lipinski definition) is 3. The van der Waals surface area contributed by atoms with E-state index in [-0.39, 0.29) is 0 Å². The monoisotopic (exact) mass is 445 g/mol. The maximum Gasteiger partial charge on any atom is 0.310 e. The molecule has 0 radical (unpaired) electrons. The minimum absolute atomic E-state index is 0.435.